The molecule has 0 bridgehead atoms. The Labute approximate surface area is 173 Å². The highest BCUT2D eigenvalue weighted by atomic mass is 16.3. The van der Waals surface area contributed by atoms with Crippen molar-refractivity contribution in [1.82, 2.24) is 14.9 Å². The largest absolute Gasteiger partial charge is 0.395 e. The van der Waals surface area contributed by atoms with Gasteiger partial charge in [-0.05, 0) is 30.7 Å². The number of nitrogens with zero attached hydrogens (tertiary/aromatic N) is 5. The average Bonchev–Trinajstić information content (AvgIpc) is 2.76. The van der Waals surface area contributed by atoms with Crippen LogP contribution in [0.2, 0.25) is 0 Å². The highest BCUT2D eigenvalue weighted by Crippen LogP contribution is 2.32. The zero-order valence-corrected chi connectivity index (χ0v) is 17.1. The van der Waals surface area contributed by atoms with E-state index < -0.39 is 0 Å². The molecule has 2 aromatic rings. The molecule has 1 aromatic carbocycles. The van der Waals surface area contributed by atoms with Gasteiger partial charge >= 0.3 is 0 Å². The van der Waals surface area contributed by atoms with Crippen LogP contribution in [0, 0.1) is 5.92 Å². The van der Waals surface area contributed by atoms with Crippen molar-refractivity contribution in [2.45, 2.75) is 19.3 Å². The first kappa shape index (κ1) is 19.9. The first-order chi connectivity index (χ1) is 14.2. The summed E-state index contributed by atoms with van der Waals surface area (Å²) in [6.45, 7) is 6.51. The van der Waals surface area contributed by atoms with Gasteiger partial charge in [0.25, 0.3) is 0 Å². The van der Waals surface area contributed by atoms with Crippen molar-refractivity contribution in [3.05, 3.63) is 42.2 Å². The van der Waals surface area contributed by atoms with Gasteiger partial charge in [0, 0.05) is 45.8 Å². The van der Waals surface area contributed by atoms with Gasteiger partial charge in [-0.2, -0.15) is 0 Å². The standard InChI is InChI=1S/C22H32N6O/c23-20-21(24-17-25-22(20)28-12-10-26(11-13-28)14-15-29)27-8-6-19(7-9-27)16-18-4-2-1-3-5-18/h1-5,17,19,29H,6-16,23H2. The quantitative estimate of drug-likeness (QED) is 0.768. The van der Waals surface area contributed by atoms with Gasteiger partial charge in [0.05, 0.1) is 6.61 Å². The fourth-order valence-corrected chi connectivity index (χ4v) is 4.50. The molecule has 0 spiro atoms. The molecule has 2 saturated heterocycles. The van der Waals surface area contributed by atoms with Gasteiger partial charge in [-0.25, -0.2) is 9.97 Å². The van der Waals surface area contributed by atoms with Gasteiger partial charge in [-0.1, -0.05) is 30.3 Å². The summed E-state index contributed by atoms with van der Waals surface area (Å²) in [7, 11) is 0. The Morgan fingerprint density at radius 1 is 0.897 bits per heavy atom. The number of β-amino-alcohol motifs (C(OH)–C–C–N with tert-alkyl or cyclic N) is 1. The highest BCUT2D eigenvalue weighted by molar-refractivity contribution is 5.76. The molecule has 156 valence electrons. The molecule has 4 rings (SSSR count). The maximum Gasteiger partial charge on any atom is 0.157 e. The highest BCUT2D eigenvalue weighted by Gasteiger charge is 2.25. The van der Waals surface area contributed by atoms with Crippen LogP contribution in [0.15, 0.2) is 36.7 Å². The number of aliphatic hydroxyl groups is 1. The smallest absolute Gasteiger partial charge is 0.157 e. The van der Waals surface area contributed by atoms with Crippen LogP contribution in [0.25, 0.3) is 0 Å². The van der Waals surface area contributed by atoms with Crippen molar-refractivity contribution in [2.75, 3.05) is 68.0 Å². The van der Waals surface area contributed by atoms with E-state index in [1.54, 1.807) is 6.33 Å². The van der Waals surface area contributed by atoms with Crippen molar-refractivity contribution in [3.63, 3.8) is 0 Å². The van der Waals surface area contributed by atoms with E-state index in [1.807, 2.05) is 0 Å². The molecule has 7 heteroatoms. The first-order valence-electron chi connectivity index (χ1n) is 10.7. The van der Waals surface area contributed by atoms with Crippen molar-refractivity contribution in [2.24, 2.45) is 5.92 Å². The predicted octanol–water partition coefficient (Wildman–Crippen LogP) is 1.63. The van der Waals surface area contributed by atoms with Crippen LogP contribution in [0.5, 0.6) is 0 Å². The Morgan fingerprint density at radius 3 is 2.14 bits per heavy atom. The topological polar surface area (TPSA) is 81.8 Å². The van der Waals surface area contributed by atoms with Crippen LogP contribution >= 0.6 is 0 Å². The summed E-state index contributed by atoms with van der Waals surface area (Å²) in [4.78, 5) is 15.9. The molecular formula is C22H32N6O. The molecule has 0 amide bonds. The predicted molar refractivity (Wildman–Crippen MR) is 117 cm³/mol. The van der Waals surface area contributed by atoms with Crippen molar-refractivity contribution < 1.29 is 5.11 Å². The van der Waals surface area contributed by atoms with Gasteiger partial charge in [0.2, 0.25) is 0 Å². The maximum atomic E-state index is 9.13. The van der Waals surface area contributed by atoms with E-state index in [0.717, 1.165) is 82.6 Å². The van der Waals surface area contributed by atoms with Crippen LogP contribution in [-0.4, -0.2) is 72.4 Å². The molecule has 29 heavy (non-hydrogen) atoms. The number of piperidine rings is 1. The molecule has 3 N–H and O–H groups in total. The lowest BCUT2D eigenvalue weighted by Gasteiger charge is -2.37. The van der Waals surface area contributed by atoms with E-state index in [0.29, 0.717) is 5.69 Å². The molecule has 2 fully saturated rings. The summed E-state index contributed by atoms with van der Waals surface area (Å²) in [6, 6.07) is 10.8. The minimum atomic E-state index is 0.208. The number of benzene rings is 1. The summed E-state index contributed by atoms with van der Waals surface area (Å²) in [5, 5.41) is 9.13. The second kappa shape index (κ2) is 9.41. The minimum Gasteiger partial charge on any atom is -0.395 e. The van der Waals surface area contributed by atoms with Crippen LogP contribution < -0.4 is 15.5 Å². The van der Waals surface area contributed by atoms with Crippen LogP contribution in [0.1, 0.15) is 18.4 Å². The Balaban J connectivity index is 1.37. The Morgan fingerprint density at radius 2 is 1.52 bits per heavy atom. The number of aromatic nitrogens is 2. The summed E-state index contributed by atoms with van der Waals surface area (Å²) in [6.07, 6.45) is 5.12. The van der Waals surface area contributed by atoms with Crippen molar-refractivity contribution in [1.29, 1.82) is 0 Å². The van der Waals surface area contributed by atoms with Gasteiger partial charge in [0.15, 0.2) is 11.6 Å². The molecule has 0 atom stereocenters. The van der Waals surface area contributed by atoms with Crippen LogP contribution in [0.3, 0.4) is 0 Å². The average molecular weight is 397 g/mol. The number of anilines is 3. The van der Waals surface area contributed by atoms with Crippen LogP contribution in [-0.2, 0) is 6.42 Å². The van der Waals surface area contributed by atoms with E-state index in [9.17, 15) is 0 Å². The lowest BCUT2D eigenvalue weighted by atomic mass is 9.90. The van der Waals surface area contributed by atoms with E-state index in [2.05, 4.69) is 55.0 Å². The molecular weight excluding hydrogens is 364 g/mol. The molecule has 7 nitrogen and oxygen atoms in total. The third-order valence-electron chi connectivity index (χ3n) is 6.21. The SMILES string of the molecule is Nc1c(N2CCC(Cc3ccccc3)CC2)ncnc1N1CCN(CCO)CC1. The molecule has 3 heterocycles. The van der Waals surface area contributed by atoms with Crippen LogP contribution in [0.4, 0.5) is 17.3 Å². The van der Waals surface area contributed by atoms with Gasteiger partial charge in [-0.3, -0.25) is 4.90 Å². The maximum absolute atomic E-state index is 9.13. The molecule has 0 saturated carbocycles. The number of hydrogen-bond donors (Lipinski definition) is 2. The molecule has 0 aliphatic carbocycles. The summed E-state index contributed by atoms with van der Waals surface area (Å²) in [5.74, 6) is 2.45. The van der Waals surface area contributed by atoms with E-state index in [4.69, 9.17) is 10.8 Å². The molecule has 2 aliphatic heterocycles. The number of aliphatic hydroxyl groups excluding tert-OH is 1. The number of rotatable bonds is 6. The van der Waals surface area contributed by atoms with Crippen molar-refractivity contribution in [3.8, 4) is 0 Å². The fourth-order valence-electron chi connectivity index (χ4n) is 4.50. The third kappa shape index (κ3) is 4.79. The van der Waals surface area contributed by atoms with E-state index in [1.165, 1.54) is 5.56 Å². The summed E-state index contributed by atoms with van der Waals surface area (Å²) in [5.41, 5.74) is 8.66. The van der Waals surface area contributed by atoms with Gasteiger partial charge < -0.3 is 20.6 Å². The van der Waals surface area contributed by atoms with Gasteiger partial charge in [0.1, 0.15) is 12.0 Å². The Kier molecular flexibility index (Phi) is 6.46. The summed E-state index contributed by atoms with van der Waals surface area (Å²) >= 11 is 0. The lowest BCUT2D eigenvalue weighted by Crippen LogP contribution is -2.47. The Bertz CT molecular complexity index is 770. The molecule has 2 aliphatic rings. The molecule has 0 unspecified atom stereocenters. The second-order valence-electron chi connectivity index (χ2n) is 8.11. The third-order valence-corrected chi connectivity index (χ3v) is 6.21. The zero-order chi connectivity index (χ0) is 20.1. The zero-order valence-electron chi connectivity index (χ0n) is 17.1. The van der Waals surface area contributed by atoms with E-state index >= 15 is 0 Å². The number of nitrogens with two attached hydrogens (primary N) is 1. The summed E-state index contributed by atoms with van der Waals surface area (Å²) < 4.78 is 0. The number of hydrogen-bond acceptors (Lipinski definition) is 7. The normalized spacial score (nSPS) is 18.9. The number of nitrogen functional groups attached to an aromatic ring is 1. The lowest BCUT2D eigenvalue weighted by molar-refractivity contribution is 0.188. The van der Waals surface area contributed by atoms with Gasteiger partial charge in [-0.15, -0.1) is 0 Å². The Hall–Kier alpha value is -2.38. The molecule has 1 aromatic heterocycles. The monoisotopic (exact) mass is 396 g/mol. The minimum absolute atomic E-state index is 0.208. The first-order valence-corrected chi connectivity index (χ1v) is 10.7. The number of piperazine rings is 1. The fraction of sp³-hybridized carbons (Fsp3) is 0.545. The molecule has 0 radical (unpaired) electrons. The van der Waals surface area contributed by atoms with E-state index in [-0.39, 0.29) is 6.61 Å². The van der Waals surface area contributed by atoms with Crippen molar-refractivity contribution >= 4 is 17.3 Å². The second-order valence-corrected chi connectivity index (χ2v) is 8.11.